The highest BCUT2D eigenvalue weighted by Gasteiger charge is 2.11. The van der Waals surface area contributed by atoms with Crippen molar-refractivity contribution in [3.05, 3.63) is 29.8 Å². The van der Waals surface area contributed by atoms with E-state index < -0.39 is 8.07 Å². The molecule has 0 aliphatic rings. The molecule has 3 nitrogen and oxygen atoms in total. The molecule has 0 bridgehead atoms. The summed E-state index contributed by atoms with van der Waals surface area (Å²) in [6.07, 6.45) is 16.7. The molecule has 0 aliphatic heterocycles. The van der Waals surface area contributed by atoms with Crippen LogP contribution in [0, 0.1) is 0 Å². The summed E-state index contributed by atoms with van der Waals surface area (Å²) in [6, 6.07) is 9.07. The molecule has 0 amide bonds. The summed E-state index contributed by atoms with van der Waals surface area (Å²) in [5, 5.41) is 3.44. The third-order valence-corrected chi connectivity index (χ3v) is 7.43. The fourth-order valence-electron chi connectivity index (χ4n) is 3.72. The average Bonchev–Trinajstić information content (AvgIpc) is 2.70. The van der Waals surface area contributed by atoms with Crippen LogP contribution in [0.1, 0.15) is 94.3 Å². The normalized spacial score (nSPS) is 11.5. The van der Waals surface area contributed by atoms with E-state index in [2.05, 4.69) is 25.0 Å². The minimum Gasteiger partial charge on any atom is -0.462 e. The Labute approximate surface area is 187 Å². The van der Waals surface area contributed by atoms with Crippen LogP contribution in [0.4, 0.5) is 5.69 Å². The van der Waals surface area contributed by atoms with Crippen LogP contribution in [0.5, 0.6) is 0 Å². The molecule has 4 heteroatoms. The van der Waals surface area contributed by atoms with E-state index in [1.165, 1.54) is 83.1 Å². The van der Waals surface area contributed by atoms with E-state index in [-0.39, 0.29) is 5.97 Å². The van der Waals surface area contributed by atoms with Crippen molar-refractivity contribution in [3.63, 3.8) is 0 Å². The maximum absolute atomic E-state index is 11.6. The Bertz CT molecular complexity index is 551. The van der Waals surface area contributed by atoms with Crippen molar-refractivity contribution < 1.29 is 9.53 Å². The zero-order valence-electron chi connectivity index (χ0n) is 20.2. The molecule has 0 saturated carbocycles. The van der Waals surface area contributed by atoms with Crippen molar-refractivity contribution >= 4 is 19.7 Å². The number of esters is 1. The molecule has 0 fully saturated rings. The number of carbonyl (C=O) groups is 1. The molecule has 1 rings (SSSR count). The Kier molecular flexibility index (Phi) is 14.6. The molecule has 0 aliphatic carbocycles. The maximum atomic E-state index is 11.6. The van der Waals surface area contributed by atoms with E-state index in [1.807, 2.05) is 31.2 Å². The van der Waals surface area contributed by atoms with Gasteiger partial charge in [-0.05, 0) is 37.6 Å². The van der Waals surface area contributed by atoms with Crippen molar-refractivity contribution in [3.8, 4) is 0 Å². The second-order valence-electron chi connectivity index (χ2n) is 9.78. The van der Waals surface area contributed by atoms with E-state index in [0.717, 1.165) is 12.2 Å². The fraction of sp³-hybridized carbons (Fsp3) is 0.731. The third kappa shape index (κ3) is 14.7. The first kappa shape index (κ1) is 26.7. The first-order valence-corrected chi connectivity index (χ1v) is 16.1. The largest absolute Gasteiger partial charge is 0.462 e. The molecule has 172 valence electrons. The van der Waals surface area contributed by atoms with Crippen molar-refractivity contribution in [1.29, 1.82) is 0 Å². The summed E-state index contributed by atoms with van der Waals surface area (Å²) in [7, 11) is -0.805. The zero-order valence-corrected chi connectivity index (χ0v) is 21.2. The second-order valence-corrected chi connectivity index (χ2v) is 15.4. The van der Waals surface area contributed by atoms with E-state index in [0.29, 0.717) is 12.2 Å². The van der Waals surface area contributed by atoms with Gasteiger partial charge in [-0.1, -0.05) is 96.3 Å². The molecule has 30 heavy (non-hydrogen) atoms. The number of hydrogen-bond donors (Lipinski definition) is 1. The summed E-state index contributed by atoms with van der Waals surface area (Å²) in [4.78, 5) is 11.6. The van der Waals surface area contributed by atoms with Crippen LogP contribution in [0.3, 0.4) is 0 Å². The molecular weight excluding hydrogens is 386 g/mol. The quantitative estimate of drug-likeness (QED) is 0.144. The van der Waals surface area contributed by atoms with Crippen LogP contribution < -0.4 is 5.32 Å². The standard InChI is InChI=1S/C26H47NO2Si/c1-5-29-26(28)24-18-20-25(21-19-24)27-22-16-14-12-10-8-6-7-9-11-13-15-17-23-30(2,3)4/h18-21,27H,5-17,22-23H2,1-4H3. The molecule has 0 aromatic heterocycles. The number of ether oxygens (including phenoxy) is 1. The molecule has 0 spiro atoms. The van der Waals surface area contributed by atoms with Gasteiger partial charge in [-0.25, -0.2) is 4.79 Å². The highest BCUT2D eigenvalue weighted by Crippen LogP contribution is 2.17. The Morgan fingerprint density at radius 2 is 1.23 bits per heavy atom. The van der Waals surface area contributed by atoms with E-state index >= 15 is 0 Å². The minimum absolute atomic E-state index is 0.249. The maximum Gasteiger partial charge on any atom is 0.338 e. The Morgan fingerprint density at radius 1 is 0.767 bits per heavy atom. The Hall–Kier alpha value is -1.29. The first-order valence-electron chi connectivity index (χ1n) is 12.4. The predicted octanol–water partition coefficient (Wildman–Crippen LogP) is 8.29. The molecule has 1 N–H and O–H groups in total. The van der Waals surface area contributed by atoms with E-state index in [1.54, 1.807) is 0 Å². The summed E-state index contributed by atoms with van der Waals surface area (Å²) < 4.78 is 5.01. The van der Waals surface area contributed by atoms with Crippen LogP contribution >= 0.6 is 0 Å². The predicted molar refractivity (Wildman–Crippen MR) is 134 cm³/mol. The van der Waals surface area contributed by atoms with Crippen molar-refractivity contribution in [2.45, 2.75) is 110 Å². The topological polar surface area (TPSA) is 38.3 Å². The van der Waals surface area contributed by atoms with Gasteiger partial charge in [0.05, 0.1) is 12.2 Å². The second kappa shape index (κ2) is 16.4. The number of carbonyl (C=O) groups excluding carboxylic acids is 1. The molecular formula is C26H47NO2Si. The zero-order chi connectivity index (χ0) is 22.1. The minimum atomic E-state index is -0.805. The highest BCUT2D eigenvalue weighted by molar-refractivity contribution is 6.76. The van der Waals surface area contributed by atoms with Crippen molar-refractivity contribution in [1.82, 2.24) is 0 Å². The van der Waals surface area contributed by atoms with Gasteiger partial charge in [-0.3, -0.25) is 0 Å². The SMILES string of the molecule is CCOC(=O)c1ccc(NCCCCCCCCCCCCCC[Si](C)(C)C)cc1. The van der Waals surface area contributed by atoms with Crippen LogP contribution in [0.15, 0.2) is 24.3 Å². The molecule has 1 aromatic carbocycles. The highest BCUT2D eigenvalue weighted by atomic mass is 28.3. The summed E-state index contributed by atoms with van der Waals surface area (Å²) in [6.45, 7) is 10.7. The van der Waals surface area contributed by atoms with Gasteiger partial charge < -0.3 is 10.1 Å². The van der Waals surface area contributed by atoms with Gasteiger partial charge in [0, 0.05) is 20.3 Å². The number of anilines is 1. The average molecular weight is 434 g/mol. The summed E-state index contributed by atoms with van der Waals surface area (Å²) in [5.41, 5.74) is 1.69. The molecule has 1 aromatic rings. The van der Waals surface area contributed by atoms with Gasteiger partial charge in [0.1, 0.15) is 0 Å². The van der Waals surface area contributed by atoms with E-state index in [4.69, 9.17) is 4.74 Å². The van der Waals surface area contributed by atoms with Gasteiger partial charge in [0.2, 0.25) is 0 Å². The fourth-order valence-corrected chi connectivity index (χ4v) is 5.03. The van der Waals surface area contributed by atoms with E-state index in [9.17, 15) is 4.79 Å². The van der Waals surface area contributed by atoms with Crippen LogP contribution in [-0.4, -0.2) is 27.2 Å². The lowest BCUT2D eigenvalue weighted by molar-refractivity contribution is 0.0526. The monoisotopic (exact) mass is 433 g/mol. The molecule has 0 atom stereocenters. The number of hydrogen-bond acceptors (Lipinski definition) is 3. The third-order valence-electron chi connectivity index (χ3n) is 5.58. The molecule has 0 heterocycles. The smallest absolute Gasteiger partial charge is 0.338 e. The first-order chi connectivity index (χ1) is 14.4. The van der Waals surface area contributed by atoms with Crippen molar-refractivity contribution in [2.75, 3.05) is 18.5 Å². The number of nitrogens with one attached hydrogen (secondary N) is 1. The molecule has 0 radical (unpaired) electrons. The Balaban J connectivity index is 1.87. The van der Waals surface area contributed by atoms with Gasteiger partial charge in [-0.2, -0.15) is 0 Å². The lowest BCUT2D eigenvalue weighted by Crippen LogP contribution is -2.18. The van der Waals surface area contributed by atoms with Gasteiger partial charge in [0.15, 0.2) is 0 Å². The lowest BCUT2D eigenvalue weighted by atomic mass is 10.1. The summed E-state index contributed by atoms with van der Waals surface area (Å²) >= 11 is 0. The van der Waals surface area contributed by atoms with Crippen molar-refractivity contribution in [2.24, 2.45) is 0 Å². The van der Waals surface area contributed by atoms with Gasteiger partial charge in [0.25, 0.3) is 0 Å². The van der Waals surface area contributed by atoms with Crippen LogP contribution in [0.2, 0.25) is 25.7 Å². The van der Waals surface area contributed by atoms with Crippen LogP contribution in [0.25, 0.3) is 0 Å². The van der Waals surface area contributed by atoms with Crippen LogP contribution in [-0.2, 0) is 4.74 Å². The lowest BCUT2D eigenvalue weighted by Gasteiger charge is -2.14. The number of benzene rings is 1. The number of unbranched alkanes of at least 4 members (excludes halogenated alkanes) is 11. The molecule has 0 saturated heterocycles. The number of rotatable bonds is 18. The van der Waals surface area contributed by atoms with Gasteiger partial charge >= 0.3 is 5.97 Å². The summed E-state index contributed by atoms with van der Waals surface area (Å²) in [5.74, 6) is -0.249. The Morgan fingerprint density at radius 3 is 1.70 bits per heavy atom. The van der Waals surface area contributed by atoms with Gasteiger partial charge in [-0.15, -0.1) is 0 Å². The molecule has 0 unspecified atom stereocenters.